The van der Waals surface area contributed by atoms with Crippen molar-refractivity contribution in [3.63, 3.8) is 0 Å². The molecule has 1 aromatic rings. The first-order valence-corrected chi connectivity index (χ1v) is 11.1. The van der Waals surface area contributed by atoms with Crippen molar-refractivity contribution in [2.45, 2.75) is 77.6 Å². The van der Waals surface area contributed by atoms with Gasteiger partial charge in [0.1, 0.15) is 0 Å². The number of carbonyl (C=O) groups is 1. The van der Waals surface area contributed by atoms with Crippen LogP contribution in [0.1, 0.15) is 88.1 Å². The van der Waals surface area contributed by atoms with Crippen LogP contribution < -0.4 is 0 Å². The Kier molecular flexibility index (Phi) is 10.7. The minimum absolute atomic E-state index is 0.00755. The van der Waals surface area contributed by atoms with E-state index >= 15 is 0 Å². The first kappa shape index (κ1) is 20.9. The Morgan fingerprint density at radius 3 is 2.04 bits per heavy atom. The van der Waals surface area contributed by atoms with Gasteiger partial charge in [0.15, 0.2) is 21.4 Å². The normalized spacial score (nSPS) is 11.7. The average molecular weight is 357 g/mol. The maximum Gasteiger partial charge on any atom is 0.198 e. The van der Waals surface area contributed by atoms with Crippen molar-refractivity contribution < 1.29 is 17.6 Å². The molecule has 0 fully saturated rings. The SMILES string of the molecule is CCCCCCCCCCCCS(=O)(=O)CCC(=O)c1ccco1. The molecule has 0 aliphatic carbocycles. The fourth-order valence-electron chi connectivity index (χ4n) is 2.72. The number of sulfone groups is 1. The molecular formula is C19H32O4S. The summed E-state index contributed by atoms with van der Waals surface area (Å²) in [5.74, 6) is 0.106. The number of furan rings is 1. The topological polar surface area (TPSA) is 64.3 Å². The largest absolute Gasteiger partial charge is 0.461 e. The molecule has 1 rings (SSSR count). The Labute approximate surface area is 146 Å². The van der Waals surface area contributed by atoms with Crippen molar-refractivity contribution >= 4 is 15.6 Å². The van der Waals surface area contributed by atoms with Crippen molar-refractivity contribution in [2.75, 3.05) is 11.5 Å². The van der Waals surface area contributed by atoms with Crippen LogP contribution in [-0.4, -0.2) is 25.7 Å². The lowest BCUT2D eigenvalue weighted by Crippen LogP contribution is -2.14. The quantitative estimate of drug-likeness (QED) is 0.320. The van der Waals surface area contributed by atoms with Crippen LogP contribution in [0, 0.1) is 0 Å². The van der Waals surface area contributed by atoms with Gasteiger partial charge in [-0.1, -0.05) is 64.7 Å². The van der Waals surface area contributed by atoms with E-state index in [0.29, 0.717) is 6.42 Å². The summed E-state index contributed by atoms with van der Waals surface area (Å²) in [5, 5.41) is 0. The molecule has 0 atom stereocenters. The van der Waals surface area contributed by atoms with E-state index in [2.05, 4.69) is 6.92 Å². The van der Waals surface area contributed by atoms with E-state index in [9.17, 15) is 13.2 Å². The first-order valence-electron chi connectivity index (χ1n) is 9.32. The summed E-state index contributed by atoms with van der Waals surface area (Å²) in [4.78, 5) is 11.7. The smallest absolute Gasteiger partial charge is 0.198 e. The van der Waals surface area contributed by atoms with Gasteiger partial charge in [-0.05, 0) is 18.6 Å². The Balaban J connectivity index is 2.02. The minimum atomic E-state index is -3.14. The van der Waals surface area contributed by atoms with E-state index in [1.807, 2.05) is 0 Å². The zero-order valence-electron chi connectivity index (χ0n) is 15.0. The molecule has 0 spiro atoms. The van der Waals surface area contributed by atoms with E-state index in [1.54, 1.807) is 12.1 Å². The van der Waals surface area contributed by atoms with Crippen LogP contribution >= 0.6 is 0 Å². The van der Waals surface area contributed by atoms with E-state index in [0.717, 1.165) is 12.8 Å². The van der Waals surface area contributed by atoms with E-state index < -0.39 is 9.84 Å². The summed E-state index contributed by atoms with van der Waals surface area (Å²) in [6, 6.07) is 3.20. The highest BCUT2D eigenvalue weighted by molar-refractivity contribution is 7.91. The highest BCUT2D eigenvalue weighted by Gasteiger charge is 2.15. The number of hydrogen-bond acceptors (Lipinski definition) is 4. The second-order valence-corrected chi connectivity index (χ2v) is 8.79. The monoisotopic (exact) mass is 356 g/mol. The number of hydrogen-bond donors (Lipinski definition) is 0. The molecule has 0 unspecified atom stereocenters. The molecule has 0 N–H and O–H groups in total. The van der Waals surface area contributed by atoms with Gasteiger partial charge in [-0.2, -0.15) is 0 Å². The maximum atomic E-state index is 12.0. The molecular weight excluding hydrogens is 324 g/mol. The fraction of sp³-hybridized carbons (Fsp3) is 0.737. The predicted octanol–water partition coefficient (Wildman–Crippen LogP) is 5.19. The Morgan fingerprint density at radius 1 is 0.917 bits per heavy atom. The molecule has 4 nitrogen and oxygen atoms in total. The summed E-state index contributed by atoms with van der Waals surface area (Å²) < 4.78 is 28.9. The van der Waals surface area contributed by atoms with Crippen molar-refractivity contribution in [2.24, 2.45) is 0 Å². The lowest BCUT2D eigenvalue weighted by Gasteiger charge is -2.04. The Hall–Kier alpha value is -1.10. The van der Waals surface area contributed by atoms with Crippen LogP contribution in [-0.2, 0) is 9.84 Å². The summed E-state index contributed by atoms with van der Waals surface area (Å²) in [5.41, 5.74) is 0. The van der Waals surface area contributed by atoms with E-state index in [-0.39, 0.29) is 29.5 Å². The van der Waals surface area contributed by atoms with E-state index in [4.69, 9.17) is 4.42 Å². The first-order chi connectivity index (χ1) is 11.5. The van der Waals surface area contributed by atoms with Crippen molar-refractivity contribution in [1.82, 2.24) is 0 Å². The van der Waals surface area contributed by atoms with Crippen LogP contribution in [0.2, 0.25) is 0 Å². The molecule has 5 heteroatoms. The minimum Gasteiger partial charge on any atom is -0.461 e. The zero-order valence-corrected chi connectivity index (χ0v) is 15.8. The van der Waals surface area contributed by atoms with Gasteiger partial charge in [0, 0.05) is 6.42 Å². The average Bonchev–Trinajstić information content (AvgIpc) is 3.09. The van der Waals surface area contributed by atoms with Crippen LogP contribution in [0.15, 0.2) is 22.8 Å². The molecule has 0 bridgehead atoms. The van der Waals surface area contributed by atoms with Gasteiger partial charge < -0.3 is 4.42 Å². The molecule has 0 amide bonds. The summed E-state index contributed by atoms with van der Waals surface area (Å²) in [6.07, 6.45) is 13.2. The third-order valence-electron chi connectivity index (χ3n) is 4.25. The highest BCUT2D eigenvalue weighted by atomic mass is 32.2. The molecule has 0 aliphatic rings. The number of rotatable bonds is 15. The zero-order chi connectivity index (χ0) is 17.7. The van der Waals surface area contributed by atoms with Gasteiger partial charge in [0.25, 0.3) is 0 Å². The second kappa shape index (κ2) is 12.3. The third kappa shape index (κ3) is 9.91. The molecule has 0 aliphatic heterocycles. The molecule has 0 aromatic carbocycles. The van der Waals surface area contributed by atoms with Crippen LogP contribution in [0.3, 0.4) is 0 Å². The van der Waals surface area contributed by atoms with Gasteiger partial charge >= 0.3 is 0 Å². The number of Topliss-reactive ketones (excluding diaryl/α,β-unsaturated/α-hetero) is 1. The highest BCUT2D eigenvalue weighted by Crippen LogP contribution is 2.12. The molecule has 0 saturated heterocycles. The molecule has 1 aromatic heterocycles. The lowest BCUT2D eigenvalue weighted by molar-refractivity contribution is 0.0962. The fourth-order valence-corrected chi connectivity index (χ4v) is 4.06. The third-order valence-corrected chi connectivity index (χ3v) is 5.98. The Morgan fingerprint density at radius 2 is 1.50 bits per heavy atom. The standard InChI is InChI=1S/C19H32O4S/c1-2-3-4-5-6-7-8-9-10-11-16-24(21,22)17-14-18(20)19-13-12-15-23-19/h12-13,15H,2-11,14,16-17H2,1H3. The number of ketones is 1. The summed E-state index contributed by atoms with van der Waals surface area (Å²) >= 11 is 0. The molecule has 0 saturated carbocycles. The molecule has 24 heavy (non-hydrogen) atoms. The van der Waals surface area contributed by atoms with Crippen molar-refractivity contribution in [1.29, 1.82) is 0 Å². The van der Waals surface area contributed by atoms with Gasteiger partial charge in [-0.25, -0.2) is 8.42 Å². The van der Waals surface area contributed by atoms with Gasteiger partial charge in [-0.3, -0.25) is 4.79 Å². The van der Waals surface area contributed by atoms with Crippen molar-refractivity contribution in [3.05, 3.63) is 24.2 Å². The maximum absolute atomic E-state index is 12.0. The molecule has 0 radical (unpaired) electrons. The molecule has 138 valence electrons. The van der Waals surface area contributed by atoms with Crippen LogP contribution in [0.4, 0.5) is 0 Å². The van der Waals surface area contributed by atoms with Crippen molar-refractivity contribution in [3.8, 4) is 0 Å². The summed E-state index contributed by atoms with van der Waals surface area (Å²) in [6.45, 7) is 2.22. The lowest BCUT2D eigenvalue weighted by atomic mass is 10.1. The number of carbonyl (C=O) groups excluding carboxylic acids is 1. The Bertz CT molecular complexity index is 532. The van der Waals surface area contributed by atoms with Crippen LogP contribution in [0.25, 0.3) is 0 Å². The summed E-state index contributed by atoms with van der Waals surface area (Å²) in [7, 11) is -3.14. The van der Waals surface area contributed by atoms with Crippen LogP contribution in [0.5, 0.6) is 0 Å². The van der Waals surface area contributed by atoms with Gasteiger partial charge in [0.2, 0.25) is 0 Å². The predicted molar refractivity (Wildman–Crippen MR) is 98.2 cm³/mol. The number of unbranched alkanes of at least 4 members (excludes halogenated alkanes) is 9. The second-order valence-electron chi connectivity index (χ2n) is 6.48. The van der Waals surface area contributed by atoms with E-state index in [1.165, 1.54) is 51.2 Å². The molecule has 1 heterocycles. The van der Waals surface area contributed by atoms with Gasteiger partial charge in [0.05, 0.1) is 17.8 Å². The van der Waals surface area contributed by atoms with Gasteiger partial charge in [-0.15, -0.1) is 0 Å².